The Morgan fingerprint density at radius 2 is 2.09 bits per heavy atom. The molecule has 2 saturated heterocycles. The third-order valence-electron chi connectivity index (χ3n) is 6.09. The van der Waals surface area contributed by atoms with Crippen molar-refractivity contribution >= 4 is 40.5 Å². The minimum Gasteiger partial charge on any atom is -0.496 e. The van der Waals surface area contributed by atoms with Gasteiger partial charge in [-0.05, 0) is 37.6 Å². The summed E-state index contributed by atoms with van der Waals surface area (Å²) in [6.45, 7) is 7.30. The zero-order valence-corrected chi connectivity index (χ0v) is 19.5. The van der Waals surface area contributed by atoms with E-state index in [9.17, 15) is 9.59 Å². The van der Waals surface area contributed by atoms with E-state index in [1.54, 1.807) is 19.0 Å². The van der Waals surface area contributed by atoms with Crippen LogP contribution in [0.4, 0.5) is 22.2 Å². The number of nitrogens with zero attached hydrogens (tertiary/aromatic N) is 6. The molecule has 3 amide bonds. The van der Waals surface area contributed by atoms with Gasteiger partial charge in [0.2, 0.25) is 17.4 Å². The summed E-state index contributed by atoms with van der Waals surface area (Å²) in [4.78, 5) is 37.7. The number of benzene rings is 1. The summed E-state index contributed by atoms with van der Waals surface area (Å²) < 4.78 is 10.8. The maximum absolute atomic E-state index is 13.3. The molecule has 0 bridgehead atoms. The van der Waals surface area contributed by atoms with E-state index in [-0.39, 0.29) is 23.9 Å². The molecule has 2 N–H and O–H groups in total. The molecule has 3 aromatic rings. The first-order valence-electron chi connectivity index (χ1n) is 11.0. The number of hydrogen-bond acceptors (Lipinski definition) is 9. The molecule has 4 heterocycles. The number of hydrazine groups is 1. The molecule has 0 spiro atoms. The Hall–Kier alpha value is -3.93. The minimum atomic E-state index is -0.264. The lowest BCUT2D eigenvalue weighted by molar-refractivity contribution is -0.114. The Morgan fingerprint density at radius 1 is 1.26 bits per heavy atom. The molecule has 1 aromatic carbocycles. The number of aromatic nitrogens is 3. The largest absolute Gasteiger partial charge is 0.496 e. The maximum atomic E-state index is 13.3. The van der Waals surface area contributed by atoms with Crippen LogP contribution in [0.1, 0.15) is 18.2 Å². The smallest absolute Gasteiger partial charge is 0.339 e. The van der Waals surface area contributed by atoms with E-state index in [4.69, 9.17) is 9.26 Å². The zero-order chi connectivity index (χ0) is 24.0. The van der Waals surface area contributed by atoms with E-state index in [2.05, 4.69) is 25.9 Å². The van der Waals surface area contributed by atoms with Crippen molar-refractivity contribution in [3.8, 4) is 5.75 Å². The molecule has 0 aliphatic carbocycles. The lowest BCUT2D eigenvalue weighted by Gasteiger charge is -2.47. The lowest BCUT2D eigenvalue weighted by atomic mass is 10.1. The molecular formula is C22H26N8O4. The van der Waals surface area contributed by atoms with E-state index in [1.807, 2.05) is 34.9 Å². The van der Waals surface area contributed by atoms with Gasteiger partial charge < -0.3 is 19.1 Å². The number of ether oxygens (including phenoxy) is 1. The molecule has 2 fully saturated rings. The molecule has 178 valence electrons. The summed E-state index contributed by atoms with van der Waals surface area (Å²) in [5.74, 6) is 1.26. The molecule has 12 heteroatoms. The second-order valence-corrected chi connectivity index (χ2v) is 8.43. The first kappa shape index (κ1) is 21.9. The van der Waals surface area contributed by atoms with Crippen molar-refractivity contribution < 1.29 is 18.8 Å². The van der Waals surface area contributed by atoms with E-state index in [0.29, 0.717) is 48.8 Å². The molecule has 0 radical (unpaired) electrons. The quantitative estimate of drug-likeness (QED) is 0.592. The molecule has 1 atom stereocenters. The molecule has 2 aliphatic heterocycles. The second kappa shape index (κ2) is 8.45. The highest BCUT2D eigenvalue weighted by Crippen LogP contribution is 2.31. The van der Waals surface area contributed by atoms with Gasteiger partial charge in [-0.1, -0.05) is 5.16 Å². The maximum Gasteiger partial charge on any atom is 0.339 e. The number of piperazine rings is 1. The molecular weight excluding hydrogens is 440 g/mol. The number of hydrogen-bond donors (Lipinski definition) is 2. The Morgan fingerprint density at radius 3 is 2.82 bits per heavy atom. The zero-order valence-electron chi connectivity index (χ0n) is 19.5. The highest BCUT2D eigenvalue weighted by Gasteiger charge is 2.39. The van der Waals surface area contributed by atoms with Crippen LogP contribution in [-0.2, 0) is 4.79 Å². The van der Waals surface area contributed by atoms with Crippen LogP contribution in [0.15, 0.2) is 22.7 Å². The van der Waals surface area contributed by atoms with Crippen LogP contribution >= 0.6 is 0 Å². The van der Waals surface area contributed by atoms with Crippen LogP contribution in [0.2, 0.25) is 0 Å². The first-order chi connectivity index (χ1) is 16.4. The fourth-order valence-corrected chi connectivity index (χ4v) is 4.42. The molecule has 0 saturated carbocycles. The van der Waals surface area contributed by atoms with Gasteiger partial charge in [-0.3, -0.25) is 10.1 Å². The molecule has 5 rings (SSSR count). The van der Waals surface area contributed by atoms with Crippen LogP contribution in [0.3, 0.4) is 0 Å². The van der Waals surface area contributed by atoms with Gasteiger partial charge in [0.05, 0.1) is 18.8 Å². The normalized spacial score (nSPS) is 18.3. The summed E-state index contributed by atoms with van der Waals surface area (Å²) >= 11 is 0. The number of carbonyl (C=O) groups is 2. The standard InChI is InChI=1S/C22H26N8O4/c1-12-9-15(5-6-17(12)33-4)30-22(32)29-8-7-28(11-16(29)10-23-30)20-19-18(13(2)27-34-19)25-21(26-20)24-14(3)31/h5-6,9,16,23H,7-8,10-11H2,1-4H3,(H,24,25,26,31)/t16-/m1/s1. The monoisotopic (exact) mass is 466 g/mol. The van der Waals surface area contributed by atoms with Gasteiger partial charge >= 0.3 is 6.03 Å². The van der Waals surface area contributed by atoms with E-state index in [1.165, 1.54) is 6.92 Å². The number of aryl methyl sites for hydroxylation is 2. The van der Waals surface area contributed by atoms with Gasteiger partial charge in [-0.15, -0.1) is 0 Å². The Balaban J connectivity index is 1.38. The van der Waals surface area contributed by atoms with Crippen molar-refractivity contribution in [1.29, 1.82) is 0 Å². The summed E-state index contributed by atoms with van der Waals surface area (Å²) in [5.41, 5.74) is 6.59. The number of methoxy groups -OCH3 is 1. The molecule has 0 unspecified atom stereocenters. The Kier molecular flexibility index (Phi) is 5.44. The lowest BCUT2D eigenvalue weighted by Crippen LogP contribution is -2.68. The number of carbonyl (C=O) groups excluding carboxylic acids is 2. The SMILES string of the molecule is COc1ccc(N2NC[C@@H]3CN(c4nc(NC(C)=O)nc5c(C)noc45)CCN3C2=O)cc1C. The van der Waals surface area contributed by atoms with Crippen molar-refractivity contribution in [3.63, 3.8) is 0 Å². The third kappa shape index (κ3) is 3.75. The minimum absolute atomic E-state index is 0.0740. The number of fused-ring (bicyclic) bond motifs is 2. The number of anilines is 3. The fraction of sp³-hybridized carbons (Fsp3) is 0.409. The van der Waals surface area contributed by atoms with Crippen molar-refractivity contribution in [1.82, 2.24) is 25.5 Å². The number of amides is 3. The number of nitrogens with one attached hydrogen (secondary N) is 2. The molecule has 2 aliphatic rings. The number of rotatable bonds is 4. The Labute approximate surface area is 195 Å². The van der Waals surface area contributed by atoms with Gasteiger partial charge in [0.15, 0.2) is 5.82 Å². The van der Waals surface area contributed by atoms with Gasteiger partial charge in [0.25, 0.3) is 0 Å². The predicted molar refractivity (Wildman–Crippen MR) is 125 cm³/mol. The average Bonchev–Trinajstić information content (AvgIpc) is 3.19. The average molecular weight is 467 g/mol. The molecule has 34 heavy (non-hydrogen) atoms. The van der Waals surface area contributed by atoms with Gasteiger partial charge in [0, 0.05) is 33.1 Å². The van der Waals surface area contributed by atoms with Crippen molar-refractivity contribution in [2.75, 3.05) is 48.5 Å². The second-order valence-electron chi connectivity index (χ2n) is 8.43. The Bertz CT molecular complexity index is 1280. The van der Waals surface area contributed by atoms with Gasteiger partial charge in [-0.25, -0.2) is 20.2 Å². The summed E-state index contributed by atoms with van der Waals surface area (Å²) in [7, 11) is 1.63. The van der Waals surface area contributed by atoms with Crippen LogP contribution < -0.4 is 25.4 Å². The van der Waals surface area contributed by atoms with Crippen molar-refractivity contribution in [2.24, 2.45) is 0 Å². The summed E-state index contributed by atoms with van der Waals surface area (Å²) in [6.07, 6.45) is 0. The van der Waals surface area contributed by atoms with E-state index < -0.39 is 0 Å². The molecule has 12 nitrogen and oxygen atoms in total. The van der Waals surface area contributed by atoms with Crippen molar-refractivity contribution in [2.45, 2.75) is 26.8 Å². The summed E-state index contributed by atoms with van der Waals surface area (Å²) in [6, 6.07) is 5.46. The van der Waals surface area contributed by atoms with Crippen LogP contribution in [0, 0.1) is 13.8 Å². The van der Waals surface area contributed by atoms with E-state index in [0.717, 1.165) is 17.0 Å². The predicted octanol–water partition coefficient (Wildman–Crippen LogP) is 1.84. The first-order valence-corrected chi connectivity index (χ1v) is 11.0. The van der Waals surface area contributed by atoms with Crippen LogP contribution in [0.5, 0.6) is 5.75 Å². The topological polar surface area (TPSA) is 129 Å². The van der Waals surface area contributed by atoms with E-state index >= 15 is 0 Å². The molecule has 2 aromatic heterocycles. The number of urea groups is 1. The van der Waals surface area contributed by atoms with Crippen LogP contribution in [0.25, 0.3) is 11.1 Å². The highest BCUT2D eigenvalue weighted by molar-refractivity contribution is 5.93. The fourth-order valence-electron chi connectivity index (χ4n) is 4.42. The highest BCUT2D eigenvalue weighted by atomic mass is 16.5. The van der Waals surface area contributed by atoms with Crippen LogP contribution in [-0.4, -0.2) is 71.3 Å². The van der Waals surface area contributed by atoms with Gasteiger partial charge in [-0.2, -0.15) is 4.98 Å². The van der Waals surface area contributed by atoms with Gasteiger partial charge in [0.1, 0.15) is 17.0 Å². The summed E-state index contributed by atoms with van der Waals surface area (Å²) in [5, 5.41) is 8.24. The third-order valence-corrected chi connectivity index (χ3v) is 6.09. The van der Waals surface area contributed by atoms with Crippen molar-refractivity contribution in [3.05, 3.63) is 29.5 Å².